The number of alkyl halides is 3. The van der Waals surface area contributed by atoms with Crippen LogP contribution < -0.4 is 10.1 Å². The van der Waals surface area contributed by atoms with Crippen LogP contribution in [0.2, 0.25) is 5.02 Å². The van der Waals surface area contributed by atoms with Crippen LogP contribution in [0, 0.1) is 13.8 Å². The van der Waals surface area contributed by atoms with E-state index in [2.05, 4.69) is 10.2 Å². The monoisotopic (exact) mass is 595 g/mol. The highest BCUT2D eigenvalue weighted by Gasteiger charge is 2.41. The molecule has 2 heterocycles. The van der Waals surface area contributed by atoms with Gasteiger partial charge < -0.3 is 19.7 Å². The third-order valence-electron chi connectivity index (χ3n) is 7.66. The minimum Gasteiger partial charge on any atom is -0.490 e. The number of benzene rings is 2. The second kappa shape index (κ2) is 13.0. The van der Waals surface area contributed by atoms with E-state index in [0.717, 1.165) is 28.8 Å². The van der Waals surface area contributed by atoms with Gasteiger partial charge in [-0.25, -0.2) is 0 Å². The van der Waals surface area contributed by atoms with Crippen LogP contribution >= 0.6 is 11.6 Å². The van der Waals surface area contributed by atoms with E-state index in [0.29, 0.717) is 62.9 Å². The number of morpholine rings is 1. The lowest BCUT2D eigenvalue weighted by atomic mass is 9.95. The van der Waals surface area contributed by atoms with E-state index >= 15 is 0 Å². The Labute approximate surface area is 243 Å². The van der Waals surface area contributed by atoms with Crippen LogP contribution in [0.15, 0.2) is 36.4 Å². The summed E-state index contributed by atoms with van der Waals surface area (Å²) in [6.45, 7) is 8.17. The Morgan fingerprint density at radius 2 is 1.73 bits per heavy atom. The lowest BCUT2D eigenvalue weighted by Gasteiger charge is -2.43. The number of carbonyl (C=O) groups is 2. The molecule has 0 radical (unpaired) electrons. The van der Waals surface area contributed by atoms with Gasteiger partial charge in [-0.05, 0) is 67.6 Å². The summed E-state index contributed by atoms with van der Waals surface area (Å²) in [6.07, 6.45) is -2.94. The summed E-state index contributed by atoms with van der Waals surface area (Å²) in [5, 5.41) is 3.59. The van der Waals surface area contributed by atoms with Gasteiger partial charge in [-0.15, -0.1) is 0 Å². The van der Waals surface area contributed by atoms with Crippen molar-refractivity contribution in [3.8, 4) is 5.75 Å². The summed E-state index contributed by atoms with van der Waals surface area (Å²) in [5.74, 6) is 0.479. The average molecular weight is 596 g/mol. The van der Waals surface area contributed by atoms with Crippen molar-refractivity contribution in [2.75, 3.05) is 39.4 Å². The highest BCUT2D eigenvalue weighted by Crippen LogP contribution is 2.31. The van der Waals surface area contributed by atoms with E-state index in [1.54, 1.807) is 4.90 Å². The van der Waals surface area contributed by atoms with Crippen molar-refractivity contribution in [2.24, 2.45) is 0 Å². The summed E-state index contributed by atoms with van der Waals surface area (Å²) in [7, 11) is 0. The van der Waals surface area contributed by atoms with Gasteiger partial charge >= 0.3 is 6.18 Å². The number of halogens is 4. The Hall–Kier alpha value is -2.82. The first kappa shape index (κ1) is 31.1. The number of ether oxygens (including phenoxy) is 2. The molecule has 1 atom stereocenters. The second-order valence-corrected chi connectivity index (χ2v) is 11.5. The zero-order valence-electron chi connectivity index (χ0n) is 23.7. The average Bonchev–Trinajstić information content (AvgIpc) is 2.90. The molecule has 0 aromatic heterocycles. The summed E-state index contributed by atoms with van der Waals surface area (Å²) < 4.78 is 51.6. The predicted octanol–water partition coefficient (Wildman–Crippen LogP) is 5.14. The number of nitrogens with zero attached hydrogens (tertiary/aromatic N) is 2. The normalized spacial score (nSPS) is 20.6. The van der Waals surface area contributed by atoms with E-state index in [9.17, 15) is 22.8 Å². The van der Waals surface area contributed by atoms with E-state index in [-0.39, 0.29) is 30.9 Å². The molecule has 11 heteroatoms. The maximum absolute atomic E-state index is 13.5. The number of aryl methyl sites for hydroxylation is 2. The largest absolute Gasteiger partial charge is 0.490 e. The topological polar surface area (TPSA) is 71.1 Å². The molecule has 7 nitrogen and oxygen atoms in total. The Morgan fingerprint density at radius 3 is 2.32 bits per heavy atom. The first-order chi connectivity index (χ1) is 19.3. The number of likely N-dealkylation sites (tertiary alicyclic amines) is 1. The van der Waals surface area contributed by atoms with E-state index in [1.165, 1.54) is 19.1 Å². The molecule has 0 saturated carbocycles. The molecule has 0 spiro atoms. The molecule has 4 rings (SSSR count). The molecule has 41 heavy (non-hydrogen) atoms. The number of carbonyl (C=O) groups excluding carboxylic acids is 2. The zero-order chi connectivity index (χ0) is 29.8. The smallest absolute Gasteiger partial charge is 0.416 e. The molecule has 0 bridgehead atoms. The molecule has 2 aromatic rings. The summed E-state index contributed by atoms with van der Waals surface area (Å²) in [4.78, 5) is 28.8. The third kappa shape index (κ3) is 8.36. The molecule has 2 aromatic carbocycles. The molecule has 1 N–H and O–H groups in total. The number of hydrogen-bond acceptors (Lipinski definition) is 5. The van der Waals surface area contributed by atoms with Crippen molar-refractivity contribution < 1.29 is 32.2 Å². The van der Waals surface area contributed by atoms with Gasteiger partial charge in [-0.1, -0.05) is 23.7 Å². The fourth-order valence-electron chi connectivity index (χ4n) is 5.51. The van der Waals surface area contributed by atoms with Crippen LogP contribution in [0.1, 0.15) is 48.4 Å². The minimum atomic E-state index is -4.39. The van der Waals surface area contributed by atoms with Crippen LogP contribution in [-0.2, 0) is 27.0 Å². The number of piperidine rings is 1. The summed E-state index contributed by atoms with van der Waals surface area (Å²) >= 11 is 6.33. The highest BCUT2D eigenvalue weighted by molar-refractivity contribution is 6.32. The van der Waals surface area contributed by atoms with Crippen LogP contribution in [0.5, 0.6) is 5.75 Å². The van der Waals surface area contributed by atoms with Gasteiger partial charge in [0.05, 0.1) is 18.6 Å². The van der Waals surface area contributed by atoms with Crippen molar-refractivity contribution in [3.05, 3.63) is 63.7 Å². The molecule has 0 unspecified atom stereocenters. The Balaban J connectivity index is 1.48. The Morgan fingerprint density at radius 1 is 1.10 bits per heavy atom. The maximum Gasteiger partial charge on any atom is 0.416 e. The molecular formula is C30H37ClF3N3O4. The number of rotatable bonds is 8. The summed E-state index contributed by atoms with van der Waals surface area (Å²) in [5.41, 5.74) is 0.846. The van der Waals surface area contributed by atoms with E-state index < -0.39 is 17.3 Å². The first-order valence-corrected chi connectivity index (χ1v) is 14.2. The fourth-order valence-corrected chi connectivity index (χ4v) is 5.62. The van der Waals surface area contributed by atoms with Crippen molar-refractivity contribution in [3.63, 3.8) is 0 Å². The van der Waals surface area contributed by atoms with Crippen LogP contribution in [-0.4, -0.2) is 72.6 Å². The minimum absolute atomic E-state index is 0.0513. The number of amides is 2. The van der Waals surface area contributed by atoms with Gasteiger partial charge in [0.25, 0.3) is 0 Å². The molecule has 2 aliphatic heterocycles. The zero-order valence-corrected chi connectivity index (χ0v) is 24.4. The number of hydrogen-bond donors (Lipinski definition) is 1. The van der Waals surface area contributed by atoms with E-state index in [1.807, 2.05) is 26.0 Å². The van der Waals surface area contributed by atoms with Gasteiger partial charge in [0.2, 0.25) is 11.8 Å². The van der Waals surface area contributed by atoms with Gasteiger partial charge in [-0.2, -0.15) is 13.2 Å². The third-order valence-corrected chi connectivity index (χ3v) is 8.25. The molecule has 2 fully saturated rings. The SMILES string of the molecule is CC(=O)NC1CCN(C(=O)C[C@@]2(COc3cc(C)c(Cl)c(C)c3)CN(Cc3ccc(C(F)(F)F)cc3)CCO2)CC1. The maximum atomic E-state index is 13.5. The molecule has 224 valence electrons. The predicted molar refractivity (Wildman–Crippen MR) is 150 cm³/mol. The Kier molecular flexibility index (Phi) is 9.87. The molecule has 2 aliphatic rings. The van der Waals surface area contributed by atoms with Crippen molar-refractivity contribution in [2.45, 2.75) is 64.4 Å². The summed E-state index contributed by atoms with van der Waals surface area (Å²) in [6, 6.07) is 8.90. The molecule has 2 saturated heterocycles. The van der Waals surface area contributed by atoms with Gasteiger partial charge in [-0.3, -0.25) is 14.5 Å². The van der Waals surface area contributed by atoms with Gasteiger partial charge in [0.1, 0.15) is 18.0 Å². The van der Waals surface area contributed by atoms with Crippen LogP contribution in [0.3, 0.4) is 0 Å². The van der Waals surface area contributed by atoms with Crippen LogP contribution in [0.25, 0.3) is 0 Å². The standard InChI is InChI=1S/C30H37ClF3N3O4/c1-20-14-26(15-21(2)28(20)31)40-19-29(16-27(39)37-10-8-25(9-11-37)35-22(3)38)18-36(12-13-41-29)17-23-4-6-24(7-5-23)30(32,33)34/h4-7,14-15,25H,8-13,16-19H2,1-3H3,(H,35,38)/t29-/m0/s1. The fraction of sp³-hybridized carbons (Fsp3) is 0.533. The van der Waals surface area contributed by atoms with Gasteiger partial charge in [0, 0.05) is 50.7 Å². The highest BCUT2D eigenvalue weighted by atomic mass is 35.5. The number of nitrogens with one attached hydrogen (secondary N) is 1. The Bertz CT molecular complexity index is 1210. The van der Waals surface area contributed by atoms with Crippen molar-refractivity contribution in [1.82, 2.24) is 15.1 Å². The lowest BCUT2D eigenvalue weighted by molar-refractivity contribution is -0.157. The van der Waals surface area contributed by atoms with E-state index in [4.69, 9.17) is 21.1 Å². The first-order valence-electron chi connectivity index (χ1n) is 13.8. The van der Waals surface area contributed by atoms with Crippen LogP contribution in [0.4, 0.5) is 13.2 Å². The molecule has 0 aliphatic carbocycles. The van der Waals surface area contributed by atoms with Crippen molar-refractivity contribution >= 4 is 23.4 Å². The quantitative estimate of drug-likeness (QED) is 0.458. The van der Waals surface area contributed by atoms with Gasteiger partial charge in [0.15, 0.2) is 0 Å². The second-order valence-electron chi connectivity index (χ2n) is 11.1. The molecular weight excluding hydrogens is 559 g/mol. The lowest BCUT2D eigenvalue weighted by Crippen LogP contribution is -2.57. The molecule has 2 amide bonds. The van der Waals surface area contributed by atoms with Crippen molar-refractivity contribution in [1.29, 1.82) is 0 Å².